The Morgan fingerprint density at radius 2 is 2.35 bits per heavy atom. The van der Waals surface area contributed by atoms with Crippen molar-refractivity contribution >= 4 is 17.3 Å². The SMILES string of the molecule is Cc1ccc([N+](=O)[O-])c(NC(=O)CC2CCCNC2)c1. The Balaban J connectivity index is 2.03. The maximum absolute atomic E-state index is 12.0. The van der Waals surface area contributed by atoms with Crippen LogP contribution in [0.15, 0.2) is 18.2 Å². The van der Waals surface area contributed by atoms with Gasteiger partial charge in [-0.1, -0.05) is 6.07 Å². The number of rotatable bonds is 4. The molecular formula is C14H19N3O3. The number of nitro groups is 1. The van der Waals surface area contributed by atoms with Crippen molar-refractivity contribution in [1.29, 1.82) is 0 Å². The van der Waals surface area contributed by atoms with E-state index in [0.29, 0.717) is 12.3 Å². The molecule has 1 aliphatic heterocycles. The van der Waals surface area contributed by atoms with E-state index < -0.39 is 4.92 Å². The Hall–Kier alpha value is -1.95. The Morgan fingerprint density at radius 3 is 3.00 bits per heavy atom. The van der Waals surface area contributed by atoms with Gasteiger partial charge < -0.3 is 10.6 Å². The summed E-state index contributed by atoms with van der Waals surface area (Å²) in [5.41, 5.74) is 1.10. The summed E-state index contributed by atoms with van der Waals surface area (Å²) >= 11 is 0. The largest absolute Gasteiger partial charge is 0.320 e. The van der Waals surface area contributed by atoms with Crippen molar-refractivity contribution in [2.45, 2.75) is 26.2 Å². The van der Waals surface area contributed by atoms with Crippen LogP contribution in [0.2, 0.25) is 0 Å². The summed E-state index contributed by atoms with van der Waals surface area (Å²) in [6.07, 6.45) is 2.50. The fourth-order valence-corrected chi connectivity index (χ4v) is 2.47. The van der Waals surface area contributed by atoms with Crippen molar-refractivity contribution in [3.63, 3.8) is 0 Å². The summed E-state index contributed by atoms with van der Waals surface area (Å²) in [6.45, 7) is 3.68. The number of amides is 1. The van der Waals surface area contributed by atoms with E-state index in [2.05, 4.69) is 10.6 Å². The van der Waals surface area contributed by atoms with Gasteiger partial charge in [-0.3, -0.25) is 14.9 Å². The fraction of sp³-hybridized carbons (Fsp3) is 0.500. The van der Waals surface area contributed by atoms with Gasteiger partial charge in [0.15, 0.2) is 0 Å². The first-order chi connectivity index (χ1) is 9.56. The van der Waals surface area contributed by atoms with Crippen molar-refractivity contribution in [3.05, 3.63) is 33.9 Å². The lowest BCUT2D eigenvalue weighted by atomic mass is 9.96. The minimum atomic E-state index is -0.475. The number of piperidine rings is 1. The molecule has 1 saturated heterocycles. The van der Waals surface area contributed by atoms with Crippen molar-refractivity contribution in [1.82, 2.24) is 5.32 Å². The first kappa shape index (κ1) is 14.5. The van der Waals surface area contributed by atoms with Crippen LogP contribution in [0.4, 0.5) is 11.4 Å². The number of hydrogen-bond acceptors (Lipinski definition) is 4. The van der Waals surface area contributed by atoms with Gasteiger partial charge in [-0.05, 0) is 50.4 Å². The van der Waals surface area contributed by atoms with Crippen LogP contribution < -0.4 is 10.6 Å². The van der Waals surface area contributed by atoms with E-state index in [1.807, 2.05) is 6.92 Å². The van der Waals surface area contributed by atoms with Gasteiger partial charge in [-0.2, -0.15) is 0 Å². The number of nitrogens with zero attached hydrogens (tertiary/aromatic N) is 1. The maximum Gasteiger partial charge on any atom is 0.292 e. The lowest BCUT2D eigenvalue weighted by molar-refractivity contribution is -0.383. The van der Waals surface area contributed by atoms with Gasteiger partial charge in [0.25, 0.3) is 5.69 Å². The van der Waals surface area contributed by atoms with Gasteiger partial charge in [0.2, 0.25) is 5.91 Å². The van der Waals surface area contributed by atoms with Crippen LogP contribution in [0.25, 0.3) is 0 Å². The number of hydrogen-bond donors (Lipinski definition) is 2. The Bertz CT molecular complexity index is 510. The standard InChI is InChI=1S/C14H19N3O3/c1-10-4-5-13(17(19)20)12(7-10)16-14(18)8-11-3-2-6-15-9-11/h4-5,7,11,15H,2-3,6,8-9H2,1H3,(H,16,18). The highest BCUT2D eigenvalue weighted by molar-refractivity contribution is 5.93. The number of anilines is 1. The van der Waals surface area contributed by atoms with Crippen LogP contribution in [-0.4, -0.2) is 23.9 Å². The predicted molar refractivity (Wildman–Crippen MR) is 76.7 cm³/mol. The molecule has 1 aliphatic rings. The first-order valence-corrected chi connectivity index (χ1v) is 6.82. The molecule has 6 heteroatoms. The van der Waals surface area contributed by atoms with Crippen LogP contribution in [0, 0.1) is 23.0 Å². The monoisotopic (exact) mass is 277 g/mol. The second-order valence-electron chi connectivity index (χ2n) is 5.24. The summed E-state index contributed by atoms with van der Waals surface area (Å²) in [6, 6.07) is 4.72. The average molecular weight is 277 g/mol. The second kappa shape index (κ2) is 6.47. The lowest BCUT2D eigenvalue weighted by Crippen LogP contribution is -2.32. The maximum atomic E-state index is 12.0. The van der Waals surface area contributed by atoms with Gasteiger partial charge in [0.05, 0.1) is 4.92 Å². The minimum Gasteiger partial charge on any atom is -0.320 e. The Morgan fingerprint density at radius 1 is 1.55 bits per heavy atom. The highest BCUT2D eigenvalue weighted by Crippen LogP contribution is 2.26. The number of carbonyl (C=O) groups excluding carboxylic acids is 1. The van der Waals surface area contributed by atoms with Crippen molar-refractivity contribution in [2.24, 2.45) is 5.92 Å². The van der Waals surface area contributed by atoms with E-state index in [9.17, 15) is 14.9 Å². The molecule has 20 heavy (non-hydrogen) atoms. The lowest BCUT2D eigenvalue weighted by Gasteiger charge is -2.22. The molecule has 0 spiro atoms. The molecule has 0 saturated carbocycles. The number of nitrogens with one attached hydrogen (secondary N) is 2. The molecule has 0 aromatic heterocycles. The zero-order valence-electron chi connectivity index (χ0n) is 11.5. The highest BCUT2D eigenvalue weighted by Gasteiger charge is 2.20. The predicted octanol–water partition coefficient (Wildman–Crippen LogP) is 2.23. The van der Waals surface area contributed by atoms with Crippen LogP contribution in [0.5, 0.6) is 0 Å². The molecule has 1 heterocycles. The molecule has 0 radical (unpaired) electrons. The number of carbonyl (C=O) groups is 1. The van der Waals surface area contributed by atoms with Gasteiger partial charge in [-0.25, -0.2) is 0 Å². The zero-order valence-corrected chi connectivity index (χ0v) is 11.5. The van der Waals surface area contributed by atoms with Gasteiger partial charge in [-0.15, -0.1) is 0 Å². The molecule has 108 valence electrons. The smallest absolute Gasteiger partial charge is 0.292 e. The Labute approximate surface area is 117 Å². The third-order valence-corrected chi connectivity index (χ3v) is 3.50. The quantitative estimate of drug-likeness (QED) is 0.653. The zero-order chi connectivity index (χ0) is 14.5. The van der Waals surface area contributed by atoms with Crippen molar-refractivity contribution in [2.75, 3.05) is 18.4 Å². The van der Waals surface area contributed by atoms with Gasteiger partial charge in [0.1, 0.15) is 5.69 Å². The molecular weight excluding hydrogens is 258 g/mol. The number of nitro benzene ring substituents is 1. The molecule has 1 fully saturated rings. The van der Waals surface area contributed by atoms with E-state index in [0.717, 1.165) is 31.5 Å². The van der Waals surface area contributed by atoms with E-state index >= 15 is 0 Å². The van der Waals surface area contributed by atoms with Crippen LogP contribution >= 0.6 is 0 Å². The van der Waals surface area contributed by atoms with Crippen molar-refractivity contribution < 1.29 is 9.72 Å². The van der Waals surface area contributed by atoms with E-state index in [1.165, 1.54) is 6.07 Å². The van der Waals surface area contributed by atoms with E-state index in [-0.39, 0.29) is 17.3 Å². The average Bonchev–Trinajstić information content (AvgIpc) is 2.39. The summed E-state index contributed by atoms with van der Waals surface area (Å²) in [5.74, 6) is 0.153. The molecule has 6 nitrogen and oxygen atoms in total. The molecule has 2 rings (SSSR count). The molecule has 0 aliphatic carbocycles. The summed E-state index contributed by atoms with van der Waals surface area (Å²) in [7, 11) is 0. The molecule has 1 atom stereocenters. The third kappa shape index (κ3) is 3.77. The number of aryl methyl sites for hydroxylation is 1. The van der Waals surface area contributed by atoms with Crippen LogP contribution in [0.1, 0.15) is 24.8 Å². The number of benzene rings is 1. The molecule has 1 aromatic carbocycles. The molecule has 1 aromatic rings. The van der Waals surface area contributed by atoms with Crippen LogP contribution in [0.3, 0.4) is 0 Å². The normalized spacial score (nSPS) is 18.6. The van der Waals surface area contributed by atoms with Crippen LogP contribution in [-0.2, 0) is 4.79 Å². The second-order valence-corrected chi connectivity index (χ2v) is 5.24. The van der Waals surface area contributed by atoms with Gasteiger partial charge in [0, 0.05) is 12.5 Å². The Kier molecular flexibility index (Phi) is 4.68. The molecule has 1 amide bonds. The molecule has 1 unspecified atom stereocenters. The van der Waals surface area contributed by atoms with E-state index in [1.54, 1.807) is 12.1 Å². The van der Waals surface area contributed by atoms with E-state index in [4.69, 9.17) is 0 Å². The minimum absolute atomic E-state index is 0.0641. The van der Waals surface area contributed by atoms with Crippen molar-refractivity contribution in [3.8, 4) is 0 Å². The topological polar surface area (TPSA) is 84.3 Å². The summed E-state index contributed by atoms with van der Waals surface area (Å²) < 4.78 is 0. The molecule has 0 bridgehead atoms. The highest BCUT2D eigenvalue weighted by atomic mass is 16.6. The third-order valence-electron chi connectivity index (χ3n) is 3.50. The van der Waals surface area contributed by atoms with Gasteiger partial charge >= 0.3 is 0 Å². The first-order valence-electron chi connectivity index (χ1n) is 6.82. The molecule has 2 N–H and O–H groups in total. The fourth-order valence-electron chi connectivity index (χ4n) is 2.47. The summed E-state index contributed by atoms with van der Waals surface area (Å²) in [4.78, 5) is 22.5. The summed E-state index contributed by atoms with van der Waals surface area (Å²) in [5, 5.41) is 16.9.